The highest BCUT2D eigenvalue weighted by Gasteiger charge is 2.04. The van der Waals surface area contributed by atoms with Crippen molar-refractivity contribution in [2.75, 3.05) is 0 Å². The largest absolute Gasteiger partial charge is 0.359 e. The molecule has 6 nitrogen and oxygen atoms in total. The number of aromatic nitrogens is 4. The van der Waals surface area contributed by atoms with Gasteiger partial charge < -0.3 is 10.6 Å². The predicted octanol–water partition coefficient (Wildman–Crippen LogP) is 1.11. The Balaban J connectivity index is 1.77. The van der Waals surface area contributed by atoms with Crippen molar-refractivity contribution < 1.29 is 0 Å². The van der Waals surface area contributed by atoms with Crippen molar-refractivity contribution >= 4 is 17.3 Å². The fourth-order valence-electron chi connectivity index (χ4n) is 1.81. The van der Waals surface area contributed by atoms with E-state index in [2.05, 4.69) is 27.8 Å². The second kappa shape index (κ2) is 6.51. The third kappa shape index (κ3) is 3.57. The lowest BCUT2D eigenvalue weighted by Crippen LogP contribution is -2.34. The van der Waals surface area contributed by atoms with Crippen molar-refractivity contribution in [2.45, 2.75) is 33.5 Å². The fourth-order valence-corrected chi connectivity index (χ4v) is 1.95. The number of nitrogens with zero attached hydrogens (tertiary/aromatic N) is 4. The zero-order valence-electron chi connectivity index (χ0n) is 12.1. The molecule has 0 bridgehead atoms. The van der Waals surface area contributed by atoms with Crippen LogP contribution in [-0.4, -0.2) is 24.7 Å². The highest BCUT2D eigenvalue weighted by atomic mass is 32.1. The van der Waals surface area contributed by atoms with Crippen LogP contribution in [0, 0.1) is 6.92 Å². The van der Waals surface area contributed by atoms with Gasteiger partial charge in [-0.3, -0.25) is 9.36 Å². The highest BCUT2D eigenvalue weighted by molar-refractivity contribution is 7.80. The summed E-state index contributed by atoms with van der Waals surface area (Å²) in [5.74, 6) is 0. The van der Waals surface area contributed by atoms with Gasteiger partial charge in [-0.1, -0.05) is 0 Å². The molecule has 0 unspecified atom stereocenters. The van der Waals surface area contributed by atoms with Crippen molar-refractivity contribution in [1.82, 2.24) is 30.2 Å². The van der Waals surface area contributed by atoms with E-state index in [0.717, 1.165) is 23.4 Å². The van der Waals surface area contributed by atoms with E-state index >= 15 is 0 Å². The summed E-state index contributed by atoms with van der Waals surface area (Å²) in [6.07, 6.45) is 5.72. The van der Waals surface area contributed by atoms with E-state index in [-0.39, 0.29) is 0 Å². The first kappa shape index (κ1) is 14.5. The Labute approximate surface area is 124 Å². The first-order valence-corrected chi connectivity index (χ1v) is 7.01. The van der Waals surface area contributed by atoms with Crippen LogP contribution in [0.2, 0.25) is 0 Å². The lowest BCUT2D eigenvalue weighted by atomic mass is 10.2. The molecular weight excluding hydrogens is 272 g/mol. The monoisotopic (exact) mass is 292 g/mol. The van der Waals surface area contributed by atoms with Gasteiger partial charge in [-0.05, 0) is 26.1 Å². The molecule has 0 atom stereocenters. The van der Waals surface area contributed by atoms with Gasteiger partial charge in [-0.25, -0.2) is 0 Å². The molecule has 7 heteroatoms. The number of hydrogen-bond acceptors (Lipinski definition) is 3. The zero-order chi connectivity index (χ0) is 14.5. The Hall–Kier alpha value is -1.89. The molecule has 2 N–H and O–H groups in total. The fraction of sp³-hybridized carbons (Fsp3) is 0.462. The predicted molar refractivity (Wildman–Crippen MR) is 82.1 cm³/mol. The van der Waals surface area contributed by atoms with Gasteiger partial charge in [-0.2, -0.15) is 10.2 Å². The molecule has 20 heavy (non-hydrogen) atoms. The summed E-state index contributed by atoms with van der Waals surface area (Å²) in [6.45, 7) is 6.34. The number of rotatable bonds is 5. The van der Waals surface area contributed by atoms with E-state index in [9.17, 15) is 0 Å². The molecule has 108 valence electrons. The van der Waals surface area contributed by atoms with Gasteiger partial charge >= 0.3 is 0 Å². The molecule has 0 spiro atoms. The molecule has 0 aliphatic carbocycles. The van der Waals surface area contributed by atoms with Crippen molar-refractivity contribution in [2.24, 2.45) is 7.05 Å². The van der Waals surface area contributed by atoms with Crippen LogP contribution < -0.4 is 10.6 Å². The lowest BCUT2D eigenvalue weighted by Gasteiger charge is -2.09. The van der Waals surface area contributed by atoms with Gasteiger partial charge in [0.1, 0.15) is 0 Å². The molecule has 0 fully saturated rings. The Morgan fingerprint density at radius 3 is 2.60 bits per heavy atom. The first-order valence-electron chi connectivity index (χ1n) is 6.60. The molecule has 0 aromatic carbocycles. The van der Waals surface area contributed by atoms with Crippen molar-refractivity contribution in [3.63, 3.8) is 0 Å². The van der Waals surface area contributed by atoms with Gasteiger partial charge in [0.2, 0.25) is 0 Å². The standard InChI is InChI=1S/C13H20N6S/c1-4-19-9-11(6-17-19)5-14-13(20)15-7-12-8-16-18(3)10(12)2/h6,8-9H,4-5,7H2,1-3H3,(H2,14,15,20). The van der Waals surface area contributed by atoms with E-state index in [1.807, 2.05) is 41.9 Å². The Morgan fingerprint density at radius 2 is 2.00 bits per heavy atom. The van der Waals surface area contributed by atoms with Crippen LogP contribution in [0.25, 0.3) is 0 Å². The molecule has 0 aliphatic rings. The molecule has 2 rings (SSSR count). The summed E-state index contributed by atoms with van der Waals surface area (Å²) in [5, 5.41) is 15.4. The summed E-state index contributed by atoms with van der Waals surface area (Å²) < 4.78 is 3.75. The normalized spacial score (nSPS) is 10.6. The SMILES string of the molecule is CCn1cc(CNC(=S)NCc2cnn(C)c2C)cn1. The van der Waals surface area contributed by atoms with Crippen LogP contribution in [0.5, 0.6) is 0 Å². The van der Waals surface area contributed by atoms with E-state index < -0.39 is 0 Å². The van der Waals surface area contributed by atoms with Crippen LogP contribution in [0.3, 0.4) is 0 Å². The third-order valence-electron chi connectivity index (χ3n) is 3.24. The summed E-state index contributed by atoms with van der Waals surface area (Å²) in [6, 6.07) is 0. The molecule has 0 aliphatic heterocycles. The van der Waals surface area contributed by atoms with Crippen LogP contribution in [0.1, 0.15) is 23.7 Å². The summed E-state index contributed by atoms with van der Waals surface area (Å²) in [4.78, 5) is 0. The van der Waals surface area contributed by atoms with Crippen molar-refractivity contribution in [3.05, 3.63) is 35.4 Å². The maximum Gasteiger partial charge on any atom is 0.166 e. The Morgan fingerprint density at radius 1 is 1.25 bits per heavy atom. The minimum atomic E-state index is 0.637. The maximum absolute atomic E-state index is 5.26. The molecule has 2 aromatic rings. The van der Waals surface area contributed by atoms with E-state index in [0.29, 0.717) is 18.2 Å². The zero-order valence-corrected chi connectivity index (χ0v) is 12.9. The van der Waals surface area contributed by atoms with Gasteiger partial charge in [0, 0.05) is 49.7 Å². The summed E-state index contributed by atoms with van der Waals surface area (Å²) >= 11 is 5.26. The number of nitrogens with one attached hydrogen (secondary N) is 2. The summed E-state index contributed by atoms with van der Waals surface area (Å²) in [7, 11) is 1.93. The van der Waals surface area contributed by atoms with Crippen LogP contribution in [0.15, 0.2) is 18.6 Å². The maximum atomic E-state index is 5.26. The van der Waals surface area contributed by atoms with Gasteiger partial charge in [0.15, 0.2) is 5.11 Å². The van der Waals surface area contributed by atoms with Crippen LogP contribution in [0.4, 0.5) is 0 Å². The van der Waals surface area contributed by atoms with Crippen molar-refractivity contribution in [3.8, 4) is 0 Å². The molecular formula is C13H20N6S. The van der Waals surface area contributed by atoms with Crippen LogP contribution >= 0.6 is 12.2 Å². The Bertz CT molecular complexity index is 585. The minimum absolute atomic E-state index is 0.637. The number of hydrogen-bond donors (Lipinski definition) is 2. The second-order valence-electron chi connectivity index (χ2n) is 4.62. The quantitative estimate of drug-likeness (QED) is 0.809. The highest BCUT2D eigenvalue weighted by Crippen LogP contribution is 2.04. The van der Waals surface area contributed by atoms with Gasteiger partial charge in [-0.15, -0.1) is 0 Å². The topological polar surface area (TPSA) is 59.7 Å². The molecule has 2 heterocycles. The second-order valence-corrected chi connectivity index (χ2v) is 5.03. The van der Waals surface area contributed by atoms with E-state index in [1.165, 1.54) is 0 Å². The Kier molecular flexibility index (Phi) is 4.73. The van der Waals surface area contributed by atoms with Gasteiger partial charge in [0.25, 0.3) is 0 Å². The van der Waals surface area contributed by atoms with Crippen molar-refractivity contribution in [1.29, 1.82) is 0 Å². The third-order valence-corrected chi connectivity index (χ3v) is 3.53. The number of thiocarbonyl (C=S) groups is 1. The van der Waals surface area contributed by atoms with Crippen LogP contribution in [-0.2, 0) is 26.7 Å². The molecule has 0 saturated carbocycles. The summed E-state index contributed by atoms with van der Waals surface area (Å²) in [5.41, 5.74) is 3.41. The minimum Gasteiger partial charge on any atom is -0.359 e. The molecule has 2 aromatic heterocycles. The number of aryl methyl sites for hydroxylation is 2. The average molecular weight is 292 g/mol. The molecule has 0 saturated heterocycles. The van der Waals surface area contributed by atoms with Gasteiger partial charge in [0.05, 0.1) is 12.4 Å². The lowest BCUT2D eigenvalue weighted by molar-refractivity contribution is 0.659. The van der Waals surface area contributed by atoms with E-state index in [4.69, 9.17) is 12.2 Å². The smallest absolute Gasteiger partial charge is 0.166 e. The molecule has 0 radical (unpaired) electrons. The first-order chi connectivity index (χ1) is 9.60. The van der Waals surface area contributed by atoms with E-state index in [1.54, 1.807) is 0 Å². The molecule has 0 amide bonds. The average Bonchev–Trinajstić information content (AvgIpc) is 3.03.